The van der Waals surface area contributed by atoms with Gasteiger partial charge in [-0.3, -0.25) is 0 Å². The van der Waals surface area contributed by atoms with E-state index in [9.17, 15) is 4.57 Å². The number of hydrogen-bond acceptors (Lipinski definition) is 2. The van der Waals surface area contributed by atoms with Gasteiger partial charge >= 0.3 is 0 Å². The normalized spacial score (nSPS) is 25.4. The molecule has 0 amide bonds. The minimum absolute atomic E-state index is 0.202. The standard InChI is InChI=1S/C11H17O2P/c1-3-10-7-5-4-6-8-11(10)14(2,13)9-12/h4-8,10,12H,3,9H2,1-2H3. The van der Waals surface area contributed by atoms with Gasteiger partial charge in [-0.25, -0.2) is 0 Å². The van der Waals surface area contributed by atoms with Gasteiger partial charge in [0, 0.05) is 5.92 Å². The molecule has 3 heteroatoms. The Labute approximate surface area is 85.4 Å². The van der Waals surface area contributed by atoms with Crippen molar-refractivity contribution in [2.24, 2.45) is 5.92 Å². The van der Waals surface area contributed by atoms with Crippen LogP contribution < -0.4 is 0 Å². The Morgan fingerprint density at radius 2 is 2.14 bits per heavy atom. The van der Waals surface area contributed by atoms with Crippen molar-refractivity contribution in [1.29, 1.82) is 0 Å². The molecular formula is C11H17O2P. The number of allylic oxidation sites excluding steroid dienone is 6. The second-order valence-corrected chi connectivity index (χ2v) is 6.62. The lowest BCUT2D eigenvalue weighted by atomic mass is 10.1. The summed E-state index contributed by atoms with van der Waals surface area (Å²) in [6, 6.07) is 0. The summed E-state index contributed by atoms with van der Waals surface area (Å²) in [7, 11) is -2.54. The largest absolute Gasteiger partial charge is 0.388 e. The Bertz CT molecular complexity index is 326. The molecule has 0 bridgehead atoms. The van der Waals surface area contributed by atoms with E-state index in [1.165, 1.54) is 0 Å². The zero-order chi connectivity index (χ0) is 10.6. The fourth-order valence-corrected chi connectivity index (χ4v) is 3.11. The summed E-state index contributed by atoms with van der Waals surface area (Å²) in [5, 5.41) is 9.98. The maximum absolute atomic E-state index is 12.1. The van der Waals surface area contributed by atoms with Crippen LogP contribution in [0.2, 0.25) is 0 Å². The van der Waals surface area contributed by atoms with Crippen LogP contribution >= 0.6 is 7.14 Å². The summed E-state index contributed by atoms with van der Waals surface area (Å²) in [5.74, 6) is 0.202. The molecule has 2 unspecified atom stereocenters. The molecule has 2 nitrogen and oxygen atoms in total. The highest BCUT2D eigenvalue weighted by atomic mass is 31.2. The first-order valence-corrected chi connectivity index (χ1v) is 7.18. The van der Waals surface area contributed by atoms with Crippen molar-refractivity contribution in [2.75, 3.05) is 13.0 Å². The first-order valence-electron chi connectivity index (χ1n) is 4.85. The third-order valence-electron chi connectivity index (χ3n) is 2.47. The summed E-state index contributed by atoms with van der Waals surface area (Å²) >= 11 is 0. The Hall–Kier alpha value is -0.590. The minimum Gasteiger partial charge on any atom is -0.388 e. The summed E-state index contributed by atoms with van der Waals surface area (Å²) in [4.78, 5) is 0. The van der Waals surface area contributed by atoms with E-state index in [2.05, 4.69) is 6.92 Å². The van der Waals surface area contributed by atoms with Crippen molar-refractivity contribution >= 4 is 7.14 Å². The van der Waals surface area contributed by atoms with Crippen molar-refractivity contribution in [1.82, 2.24) is 0 Å². The molecule has 0 radical (unpaired) electrons. The molecule has 0 saturated carbocycles. The smallest absolute Gasteiger partial charge is 0.133 e. The highest BCUT2D eigenvalue weighted by Crippen LogP contribution is 2.53. The molecule has 1 aliphatic rings. The molecule has 1 N–H and O–H groups in total. The van der Waals surface area contributed by atoms with E-state index >= 15 is 0 Å². The lowest BCUT2D eigenvalue weighted by Crippen LogP contribution is -2.02. The van der Waals surface area contributed by atoms with Gasteiger partial charge in [-0.2, -0.15) is 0 Å². The number of aliphatic hydroxyl groups is 1. The highest BCUT2D eigenvalue weighted by molar-refractivity contribution is 7.67. The van der Waals surface area contributed by atoms with Crippen LogP contribution in [-0.2, 0) is 4.57 Å². The van der Waals surface area contributed by atoms with Gasteiger partial charge in [0.2, 0.25) is 0 Å². The molecule has 1 aliphatic carbocycles. The van der Waals surface area contributed by atoms with Crippen molar-refractivity contribution in [3.8, 4) is 0 Å². The molecular weight excluding hydrogens is 195 g/mol. The van der Waals surface area contributed by atoms with Crippen LogP contribution in [0, 0.1) is 5.92 Å². The molecule has 0 saturated heterocycles. The zero-order valence-electron chi connectivity index (χ0n) is 8.68. The monoisotopic (exact) mass is 212 g/mol. The van der Waals surface area contributed by atoms with Crippen molar-refractivity contribution in [2.45, 2.75) is 13.3 Å². The van der Waals surface area contributed by atoms with Crippen LogP contribution in [0.15, 0.2) is 35.7 Å². The van der Waals surface area contributed by atoms with Crippen LogP contribution in [-0.4, -0.2) is 18.1 Å². The van der Waals surface area contributed by atoms with E-state index in [-0.39, 0.29) is 12.3 Å². The number of aliphatic hydroxyl groups excluding tert-OH is 1. The predicted octanol–water partition coefficient (Wildman–Crippen LogP) is 2.97. The van der Waals surface area contributed by atoms with E-state index < -0.39 is 7.14 Å². The number of rotatable bonds is 3. The van der Waals surface area contributed by atoms with Gasteiger partial charge in [0.15, 0.2) is 0 Å². The van der Waals surface area contributed by atoms with Crippen LogP contribution in [0.5, 0.6) is 0 Å². The summed E-state index contributed by atoms with van der Waals surface area (Å²) < 4.78 is 12.1. The van der Waals surface area contributed by atoms with Gasteiger partial charge in [-0.15, -0.1) is 0 Å². The summed E-state index contributed by atoms with van der Waals surface area (Å²) in [6.45, 7) is 3.71. The fraction of sp³-hybridized carbons (Fsp3) is 0.455. The topological polar surface area (TPSA) is 37.3 Å². The van der Waals surface area contributed by atoms with Gasteiger partial charge in [0.25, 0.3) is 0 Å². The van der Waals surface area contributed by atoms with Crippen LogP contribution in [0.4, 0.5) is 0 Å². The average molecular weight is 212 g/mol. The first kappa shape index (κ1) is 11.5. The van der Waals surface area contributed by atoms with E-state index in [4.69, 9.17) is 5.11 Å². The lowest BCUT2D eigenvalue weighted by Gasteiger charge is -2.20. The molecule has 0 aromatic heterocycles. The fourth-order valence-electron chi connectivity index (χ4n) is 1.57. The SMILES string of the molecule is CCC1C=CC=CC=C1P(C)(=O)CO. The molecule has 0 fully saturated rings. The molecule has 0 aliphatic heterocycles. The predicted molar refractivity (Wildman–Crippen MR) is 60.8 cm³/mol. The molecule has 78 valence electrons. The molecule has 0 aromatic rings. The van der Waals surface area contributed by atoms with E-state index in [1.54, 1.807) is 6.66 Å². The third kappa shape index (κ3) is 2.46. The van der Waals surface area contributed by atoms with E-state index in [0.717, 1.165) is 11.7 Å². The van der Waals surface area contributed by atoms with Crippen LogP contribution in [0.3, 0.4) is 0 Å². The zero-order valence-corrected chi connectivity index (χ0v) is 9.58. The van der Waals surface area contributed by atoms with Gasteiger partial charge in [0.05, 0.1) is 6.35 Å². The second-order valence-electron chi connectivity index (χ2n) is 3.62. The van der Waals surface area contributed by atoms with Gasteiger partial charge < -0.3 is 9.67 Å². The quantitative estimate of drug-likeness (QED) is 0.730. The minimum atomic E-state index is -2.54. The molecule has 0 heterocycles. The Kier molecular flexibility index (Phi) is 3.91. The van der Waals surface area contributed by atoms with Gasteiger partial charge in [0.1, 0.15) is 7.14 Å². The maximum atomic E-state index is 12.1. The van der Waals surface area contributed by atoms with Crippen molar-refractivity contribution in [3.63, 3.8) is 0 Å². The Balaban J connectivity index is 3.05. The Morgan fingerprint density at radius 3 is 2.71 bits per heavy atom. The summed E-state index contributed by atoms with van der Waals surface area (Å²) in [6.07, 6.45) is 10.4. The van der Waals surface area contributed by atoms with Crippen LogP contribution in [0.25, 0.3) is 0 Å². The third-order valence-corrected chi connectivity index (χ3v) is 4.58. The second kappa shape index (κ2) is 4.77. The Morgan fingerprint density at radius 1 is 1.43 bits per heavy atom. The van der Waals surface area contributed by atoms with E-state index in [1.807, 2.05) is 30.4 Å². The van der Waals surface area contributed by atoms with Crippen molar-refractivity contribution < 1.29 is 9.67 Å². The van der Waals surface area contributed by atoms with Gasteiger partial charge in [-0.1, -0.05) is 37.3 Å². The summed E-state index contributed by atoms with van der Waals surface area (Å²) in [5.41, 5.74) is 0. The lowest BCUT2D eigenvalue weighted by molar-refractivity contribution is 0.359. The van der Waals surface area contributed by atoms with Gasteiger partial charge in [-0.05, 0) is 18.4 Å². The molecule has 0 aromatic carbocycles. The van der Waals surface area contributed by atoms with E-state index in [0.29, 0.717) is 0 Å². The average Bonchev–Trinajstić information content (AvgIpc) is 2.42. The first-order chi connectivity index (χ1) is 6.61. The highest BCUT2D eigenvalue weighted by Gasteiger charge is 2.25. The maximum Gasteiger partial charge on any atom is 0.133 e. The molecule has 14 heavy (non-hydrogen) atoms. The molecule has 1 rings (SSSR count). The van der Waals surface area contributed by atoms with Crippen molar-refractivity contribution in [3.05, 3.63) is 35.7 Å². The number of hydrogen-bond donors (Lipinski definition) is 1. The molecule has 0 spiro atoms. The molecule has 2 atom stereocenters. The van der Waals surface area contributed by atoms with Crippen LogP contribution in [0.1, 0.15) is 13.3 Å².